The third kappa shape index (κ3) is 3.54. The molecular weight excluding hydrogens is 401 g/mol. The van der Waals surface area contributed by atoms with Crippen LogP contribution in [0.1, 0.15) is 18.4 Å². The minimum Gasteiger partial charge on any atom is -0.467 e. The van der Waals surface area contributed by atoms with E-state index in [1.54, 1.807) is 6.07 Å². The first kappa shape index (κ1) is 19.1. The molecule has 0 spiro atoms. The van der Waals surface area contributed by atoms with Gasteiger partial charge in [0.15, 0.2) is 0 Å². The van der Waals surface area contributed by atoms with E-state index in [0.717, 1.165) is 34.0 Å². The van der Waals surface area contributed by atoms with Crippen molar-refractivity contribution < 1.29 is 13.9 Å². The van der Waals surface area contributed by atoms with Crippen molar-refractivity contribution in [3.05, 3.63) is 60.0 Å². The average Bonchev–Trinajstić information content (AvgIpc) is 3.30. The summed E-state index contributed by atoms with van der Waals surface area (Å²) in [5.74, 6) is -0.181. The number of piperidine rings is 1. The molecule has 3 heterocycles. The van der Waals surface area contributed by atoms with Crippen LogP contribution in [0, 0.1) is 5.82 Å². The summed E-state index contributed by atoms with van der Waals surface area (Å²) in [5, 5.41) is 1.63. The Labute approximate surface area is 177 Å². The summed E-state index contributed by atoms with van der Waals surface area (Å²) in [6.45, 7) is 1.32. The highest BCUT2D eigenvalue weighted by Gasteiger charge is 2.25. The van der Waals surface area contributed by atoms with E-state index in [2.05, 4.69) is 21.7 Å². The standard InChI is InChI=1S/C23H22FN3O2S/c1-26-14-15(17-5-2-3-7-19(17)26)13-21(28)27-11-9-16(10-12-27)29-23-25-22-18(24)6-4-8-20(22)30-23/h2-8,14,16H,9-13H2,1H3. The van der Waals surface area contributed by atoms with E-state index in [1.807, 2.05) is 36.3 Å². The Morgan fingerprint density at radius 3 is 2.80 bits per heavy atom. The quantitative estimate of drug-likeness (QED) is 0.484. The van der Waals surface area contributed by atoms with Gasteiger partial charge in [-0.05, 0) is 23.8 Å². The Bertz CT molecular complexity index is 1220. The Morgan fingerprint density at radius 2 is 2.00 bits per heavy atom. The molecule has 0 atom stereocenters. The van der Waals surface area contributed by atoms with Gasteiger partial charge in [0.2, 0.25) is 5.91 Å². The molecule has 0 saturated carbocycles. The number of likely N-dealkylation sites (tertiary alicyclic amines) is 1. The SMILES string of the molecule is Cn1cc(CC(=O)N2CCC(Oc3nc4c(F)cccc4s3)CC2)c2ccccc21. The Kier molecular flexibility index (Phi) is 4.90. The second-order valence-electron chi connectivity index (χ2n) is 7.72. The first-order chi connectivity index (χ1) is 14.6. The number of hydrogen-bond acceptors (Lipinski definition) is 4. The van der Waals surface area contributed by atoms with Crippen LogP contribution in [0.5, 0.6) is 5.19 Å². The van der Waals surface area contributed by atoms with E-state index in [0.29, 0.717) is 30.2 Å². The number of rotatable bonds is 4. The van der Waals surface area contributed by atoms with Crippen LogP contribution in [-0.4, -0.2) is 39.6 Å². The van der Waals surface area contributed by atoms with Gasteiger partial charge in [-0.2, -0.15) is 4.98 Å². The lowest BCUT2D eigenvalue weighted by Crippen LogP contribution is -2.42. The van der Waals surface area contributed by atoms with Gasteiger partial charge in [-0.25, -0.2) is 4.39 Å². The number of aromatic nitrogens is 2. The van der Waals surface area contributed by atoms with E-state index in [4.69, 9.17) is 4.74 Å². The maximum absolute atomic E-state index is 13.8. The molecule has 0 radical (unpaired) electrons. The molecule has 2 aromatic heterocycles. The number of thiazole rings is 1. The van der Waals surface area contributed by atoms with Crippen molar-refractivity contribution in [1.82, 2.24) is 14.5 Å². The minimum absolute atomic E-state index is 0.00442. The summed E-state index contributed by atoms with van der Waals surface area (Å²) in [7, 11) is 2.01. The predicted octanol–water partition coefficient (Wildman–Crippen LogP) is 4.54. The van der Waals surface area contributed by atoms with Crippen LogP contribution >= 0.6 is 11.3 Å². The van der Waals surface area contributed by atoms with Gasteiger partial charge in [-0.15, -0.1) is 0 Å². The Morgan fingerprint density at radius 1 is 1.20 bits per heavy atom. The second kappa shape index (κ2) is 7.72. The molecule has 30 heavy (non-hydrogen) atoms. The van der Waals surface area contributed by atoms with Crippen molar-refractivity contribution in [3.63, 3.8) is 0 Å². The van der Waals surface area contributed by atoms with Crippen molar-refractivity contribution in [2.24, 2.45) is 7.05 Å². The molecule has 1 amide bonds. The zero-order chi connectivity index (χ0) is 20.7. The largest absolute Gasteiger partial charge is 0.467 e. The summed E-state index contributed by atoms with van der Waals surface area (Å²) in [4.78, 5) is 19.1. The van der Waals surface area contributed by atoms with Gasteiger partial charge < -0.3 is 14.2 Å². The van der Waals surface area contributed by atoms with Crippen LogP contribution in [-0.2, 0) is 18.3 Å². The first-order valence-corrected chi connectivity index (χ1v) is 10.9. The van der Waals surface area contributed by atoms with Crippen molar-refractivity contribution in [2.45, 2.75) is 25.4 Å². The third-order valence-electron chi connectivity index (χ3n) is 5.73. The van der Waals surface area contributed by atoms with Gasteiger partial charge in [0.05, 0.1) is 11.1 Å². The lowest BCUT2D eigenvalue weighted by Gasteiger charge is -2.31. The molecule has 7 heteroatoms. The van der Waals surface area contributed by atoms with Crippen molar-refractivity contribution in [1.29, 1.82) is 0 Å². The number of hydrogen-bond donors (Lipinski definition) is 0. The van der Waals surface area contributed by atoms with Gasteiger partial charge in [0.25, 0.3) is 5.19 Å². The summed E-state index contributed by atoms with van der Waals surface area (Å²) in [5.41, 5.74) is 2.56. The van der Waals surface area contributed by atoms with Gasteiger partial charge in [0.1, 0.15) is 17.4 Å². The van der Waals surface area contributed by atoms with Crippen LogP contribution in [0.3, 0.4) is 0 Å². The fraction of sp³-hybridized carbons (Fsp3) is 0.304. The number of halogens is 1. The van der Waals surface area contributed by atoms with Gasteiger partial charge >= 0.3 is 0 Å². The zero-order valence-electron chi connectivity index (χ0n) is 16.7. The normalized spacial score (nSPS) is 15.2. The first-order valence-electron chi connectivity index (χ1n) is 10.1. The lowest BCUT2D eigenvalue weighted by atomic mass is 10.1. The molecule has 0 unspecified atom stereocenters. The third-order valence-corrected chi connectivity index (χ3v) is 6.64. The summed E-state index contributed by atoms with van der Waals surface area (Å²) in [6, 6.07) is 13.1. The number of nitrogens with zero attached hydrogens (tertiary/aromatic N) is 3. The van der Waals surface area contributed by atoms with E-state index >= 15 is 0 Å². The number of ether oxygens (including phenoxy) is 1. The smallest absolute Gasteiger partial charge is 0.274 e. The zero-order valence-corrected chi connectivity index (χ0v) is 17.5. The fourth-order valence-electron chi connectivity index (χ4n) is 4.15. The molecule has 5 rings (SSSR count). The van der Waals surface area contributed by atoms with Crippen molar-refractivity contribution in [3.8, 4) is 5.19 Å². The molecule has 1 saturated heterocycles. The number of carbonyl (C=O) groups is 1. The molecule has 0 bridgehead atoms. The van der Waals surface area contributed by atoms with Gasteiger partial charge in [0, 0.05) is 50.1 Å². The minimum atomic E-state index is -0.326. The molecule has 154 valence electrons. The average molecular weight is 424 g/mol. The molecular formula is C23H22FN3O2S. The highest BCUT2D eigenvalue weighted by atomic mass is 32.1. The van der Waals surface area contributed by atoms with Crippen LogP contribution in [0.25, 0.3) is 21.1 Å². The van der Waals surface area contributed by atoms with E-state index in [1.165, 1.54) is 17.4 Å². The summed E-state index contributed by atoms with van der Waals surface area (Å²) >= 11 is 1.36. The number of aryl methyl sites for hydroxylation is 1. The van der Waals surface area contributed by atoms with Crippen molar-refractivity contribution in [2.75, 3.05) is 13.1 Å². The van der Waals surface area contributed by atoms with Crippen LogP contribution in [0.2, 0.25) is 0 Å². The molecule has 1 aliphatic rings. The maximum atomic E-state index is 13.8. The molecule has 1 fully saturated rings. The van der Waals surface area contributed by atoms with Crippen LogP contribution < -0.4 is 4.74 Å². The van der Waals surface area contributed by atoms with Crippen LogP contribution in [0.4, 0.5) is 4.39 Å². The second-order valence-corrected chi connectivity index (χ2v) is 8.72. The van der Waals surface area contributed by atoms with E-state index in [9.17, 15) is 9.18 Å². The Balaban J connectivity index is 1.21. The van der Waals surface area contributed by atoms with E-state index in [-0.39, 0.29) is 17.8 Å². The molecule has 1 aliphatic heterocycles. The fourth-order valence-corrected chi connectivity index (χ4v) is 5.05. The molecule has 5 nitrogen and oxygen atoms in total. The summed E-state index contributed by atoms with van der Waals surface area (Å²) < 4.78 is 22.7. The summed E-state index contributed by atoms with van der Waals surface area (Å²) in [6.07, 6.45) is 3.95. The maximum Gasteiger partial charge on any atom is 0.274 e. The van der Waals surface area contributed by atoms with Crippen molar-refractivity contribution >= 4 is 38.4 Å². The number of fused-ring (bicyclic) bond motifs is 2. The highest BCUT2D eigenvalue weighted by molar-refractivity contribution is 7.20. The van der Waals surface area contributed by atoms with E-state index < -0.39 is 0 Å². The number of amides is 1. The molecule has 2 aromatic carbocycles. The lowest BCUT2D eigenvalue weighted by molar-refractivity contribution is -0.132. The highest BCUT2D eigenvalue weighted by Crippen LogP contribution is 2.31. The number of benzene rings is 2. The van der Waals surface area contributed by atoms with Gasteiger partial charge in [-0.1, -0.05) is 35.6 Å². The van der Waals surface area contributed by atoms with Gasteiger partial charge in [-0.3, -0.25) is 4.79 Å². The topological polar surface area (TPSA) is 47.4 Å². The molecule has 4 aromatic rings. The van der Waals surface area contributed by atoms with Crippen LogP contribution in [0.15, 0.2) is 48.7 Å². The predicted molar refractivity (Wildman–Crippen MR) is 116 cm³/mol. The molecule has 0 N–H and O–H groups in total. The number of carbonyl (C=O) groups excluding carboxylic acids is 1. The molecule has 0 aliphatic carbocycles. The monoisotopic (exact) mass is 423 g/mol. The Hall–Kier alpha value is -2.93. The number of para-hydroxylation sites is 2.